The molecule has 2 N–H and O–H groups in total. The Morgan fingerprint density at radius 3 is 2.43 bits per heavy atom. The summed E-state index contributed by atoms with van der Waals surface area (Å²) in [7, 11) is 3.31. The van der Waals surface area contributed by atoms with Gasteiger partial charge in [0.05, 0.1) is 14.2 Å². The van der Waals surface area contributed by atoms with Crippen LogP contribution in [0.5, 0.6) is 11.5 Å². The van der Waals surface area contributed by atoms with Crippen LogP contribution in [0, 0.1) is 0 Å². The van der Waals surface area contributed by atoms with Gasteiger partial charge in [0.15, 0.2) is 0 Å². The summed E-state index contributed by atoms with van der Waals surface area (Å²) < 4.78 is 12.9. The van der Waals surface area contributed by atoms with Crippen molar-refractivity contribution in [3.8, 4) is 22.9 Å². The molecule has 0 saturated heterocycles. The highest BCUT2D eigenvalue weighted by molar-refractivity contribution is 5.61. The van der Waals surface area contributed by atoms with Crippen LogP contribution >= 0.6 is 0 Å². The Hall–Kier alpha value is -2.01. The Labute approximate surface area is 124 Å². The van der Waals surface area contributed by atoms with E-state index in [1.54, 1.807) is 14.2 Å². The Bertz CT molecular complexity index is 601. The molecule has 0 amide bonds. The highest BCUT2D eigenvalue weighted by Crippen LogP contribution is 2.34. The second kappa shape index (κ2) is 5.77. The van der Waals surface area contributed by atoms with Gasteiger partial charge in [-0.25, -0.2) is 4.98 Å². The summed E-state index contributed by atoms with van der Waals surface area (Å²) in [4.78, 5) is 4.52. The van der Waals surface area contributed by atoms with Gasteiger partial charge in [-0.05, 0) is 31.4 Å². The van der Waals surface area contributed by atoms with Crippen molar-refractivity contribution in [2.75, 3.05) is 14.2 Å². The van der Waals surface area contributed by atoms with Crippen molar-refractivity contribution in [2.24, 2.45) is 5.73 Å². The summed E-state index contributed by atoms with van der Waals surface area (Å²) in [5.74, 6) is 2.47. The number of hydrogen-bond donors (Lipinski definition) is 1. The molecule has 0 aliphatic heterocycles. The predicted molar refractivity (Wildman–Crippen MR) is 81.6 cm³/mol. The summed E-state index contributed by atoms with van der Waals surface area (Å²) >= 11 is 0. The zero-order chi connectivity index (χ0) is 14.8. The molecule has 1 saturated carbocycles. The van der Waals surface area contributed by atoms with E-state index < -0.39 is 0 Å². The van der Waals surface area contributed by atoms with Gasteiger partial charge in [0, 0.05) is 36.1 Å². The lowest BCUT2D eigenvalue weighted by Crippen LogP contribution is -2.16. The molecule has 1 aliphatic carbocycles. The second-order valence-electron chi connectivity index (χ2n) is 5.49. The first-order valence-corrected chi connectivity index (χ1v) is 7.23. The number of nitrogens with two attached hydrogens (primary N) is 1. The Morgan fingerprint density at radius 2 is 1.86 bits per heavy atom. The Kier molecular flexibility index (Phi) is 3.84. The minimum atomic E-state index is 0.296. The van der Waals surface area contributed by atoms with Gasteiger partial charge in [-0.15, -0.1) is 0 Å². The standard InChI is InChI=1S/C16H21N3O2/c1-20-14-7-11(8-15(10-14)21-2)16-18-5-6-19(16)13-4-3-12(17)9-13/h5-8,10,12-13H,3-4,9,17H2,1-2H3/t12-,13-/m1/s1. The molecule has 1 fully saturated rings. The third-order valence-corrected chi connectivity index (χ3v) is 4.12. The summed E-state index contributed by atoms with van der Waals surface area (Å²) in [6.45, 7) is 0. The highest BCUT2D eigenvalue weighted by Gasteiger charge is 2.25. The normalized spacial score (nSPS) is 21.5. The molecule has 3 rings (SSSR count). The summed E-state index contributed by atoms with van der Waals surface area (Å²) in [5.41, 5.74) is 7.03. The largest absolute Gasteiger partial charge is 0.497 e. The van der Waals surface area contributed by atoms with Crippen LogP contribution in [0.2, 0.25) is 0 Å². The number of imidazole rings is 1. The summed E-state index contributed by atoms with van der Waals surface area (Å²) in [5, 5.41) is 0. The SMILES string of the molecule is COc1cc(OC)cc(-c2nccn2[C@@H]2CC[C@@H](N)C2)c1. The number of nitrogens with zero attached hydrogens (tertiary/aromatic N) is 2. The molecular weight excluding hydrogens is 266 g/mol. The van der Waals surface area contributed by atoms with Crippen LogP contribution in [-0.2, 0) is 0 Å². The molecule has 0 unspecified atom stereocenters. The average Bonchev–Trinajstić information content (AvgIpc) is 3.14. The maximum Gasteiger partial charge on any atom is 0.140 e. The van der Waals surface area contributed by atoms with Gasteiger partial charge in [-0.3, -0.25) is 0 Å². The van der Waals surface area contributed by atoms with Crippen LogP contribution in [0.15, 0.2) is 30.6 Å². The van der Waals surface area contributed by atoms with Crippen molar-refractivity contribution in [2.45, 2.75) is 31.3 Å². The fraction of sp³-hybridized carbons (Fsp3) is 0.438. The van der Waals surface area contributed by atoms with Crippen LogP contribution in [-0.4, -0.2) is 29.8 Å². The molecule has 2 aromatic rings. The van der Waals surface area contributed by atoms with E-state index in [1.807, 2.05) is 30.6 Å². The minimum absolute atomic E-state index is 0.296. The van der Waals surface area contributed by atoms with Crippen LogP contribution in [0.25, 0.3) is 11.4 Å². The summed E-state index contributed by atoms with van der Waals surface area (Å²) in [6, 6.07) is 6.55. The van der Waals surface area contributed by atoms with Gasteiger partial charge < -0.3 is 19.8 Å². The predicted octanol–water partition coefficient (Wildman–Crippen LogP) is 2.62. The molecule has 0 spiro atoms. The van der Waals surface area contributed by atoms with E-state index in [2.05, 4.69) is 9.55 Å². The van der Waals surface area contributed by atoms with Gasteiger partial charge in [0.25, 0.3) is 0 Å². The molecular formula is C16H21N3O2. The molecule has 112 valence electrons. The van der Waals surface area contributed by atoms with E-state index >= 15 is 0 Å². The quantitative estimate of drug-likeness (QED) is 0.939. The van der Waals surface area contributed by atoms with Crippen LogP contribution in [0.3, 0.4) is 0 Å². The molecule has 5 nitrogen and oxygen atoms in total. The number of rotatable bonds is 4. The smallest absolute Gasteiger partial charge is 0.140 e. The van der Waals surface area contributed by atoms with Gasteiger partial charge >= 0.3 is 0 Å². The number of hydrogen-bond acceptors (Lipinski definition) is 4. The van der Waals surface area contributed by atoms with Crippen molar-refractivity contribution in [3.63, 3.8) is 0 Å². The first-order valence-electron chi connectivity index (χ1n) is 7.23. The zero-order valence-corrected chi connectivity index (χ0v) is 12.5. The van der Waals surface area contributed by atoms with E-state index in [9.17, 15) is 0 Å². The molecule has 0 bridgehead atoms. The van der Waals surface area contributed by atoms with E-state index in [1.165, 1.54) is 0 Å². The number of ether oxygens (including phenoxy) is 2. The van der Waals surface area contributed by atoms with Crippen LogP contribution in [0.1, 0.15) is 25.3 Å². The van der Waals surface area contributed by atoms with Crippen molar-refractivity contribution < 1.29 is 9.47 Å². The zero-order valence-electron chi connectivity index (χ0n) is 12.5. The minimum Gasteiger partial charge on any atom is -0.497 e. The molecule has 1 aromatic heterocycles. The number of benzene rings is 1. The molecule has 2 atom stereocenters. The third-order valence-electron chi connectivity index (χ3n) is 4.12. The van der Waals surface area contributed by atoms with Crippen molar-refractivity contribution in [1.82, 2.24) is 9.55 Å². The molecule has 0 radical (unpaired) electrons. The van der Waals surface area contributed by atoms with Crippen molar-refractivity contribution in [3.05, 3.63) is 30.6 Å². The maximum atomic E-state index is 6.04. The Balaban J connectivity index is 1.99. The number of aromatic nitrogens is 2. The third kappa shape index (κ3) is 2.74. The van der Waals surface area contributed by atoms with E-state index in [0.717, 1.165) is 42.1 Å². The molecule has 5 heteroatoms. The van der Waals surface area contributed by atoms with E-state index in [0.29, 0.717) is 12.1 Å². The van der Waals surface area contributed by atoms with Gasteiger partial charge in [-0.2, -0.15) is 0 Å². The van der Waals surface area contributed by atoms with Crippen LogP contribution in [0.4, 0.5) is 0 Å². The highest BCUT2D eigenvalue weighted by atomic mass is 16.5. The lowest BCUT2D eigenvalue weighted by molar-refractivity contribution is 0.394. The molecule has 1 aliphatic rings. The van der Waals surface area contributed by atoms with Gasteiger partial charge in [-0.1, -0.05) is 0 Å². The molecule has 21 heavy (non-hydrogen) atoms. The first kappa shape index (κ1) is 13.9. The lowest BCUT2D eigenvalue weighted by atomic mass is 10.1. The average molecular weight is 287 g/mol. The van der Waals surface area contributed by atoms with Crippen molar-refractivity contribution >= 4 is 0 Å². The van der Waals surface area contributed by atoms with Crippen molar-refractivity contribution in [1.29, 1.82) is 0 Å². The van der Waals surface area contributed by atoms with E-state index in [-0.39, 0.29) is 0 Å². The topological polar surface area (TPSA) is 62.3 Å². The Morgan fingerprint density at radius 1 is 1.14 bits per heavy atom. The van der Waals surface area contributed by atoms with Gasteiger partial charge in [0.1, 0.15) is 17.3 Å². The van der Waals surface area contributed by atoms with E-state index in [4.69, 9.17) is 15.2 Å². The van der Waals surface area contributed by atoms with Crippen LogP contribution < -0.4 is 15.2 Å². The first-order chi connectivity index (χ1) is 10.2. The molecule has 1 aromatic carbocycles. The van der Waals surface area contributed by atoms with Gasteiger partial charge in [0.2, 0.25) is 0 Å². The second-order valence-corrected chi connectivity index (χ2v) is 5.49. The summed E-state index contributed by atoms with van der Waals surface area (Å²) in [6.07, 6.45) is 7.05. The lowest BCUT2D eigenvalue weighted by Gasteiger charge is -2.16. The molecule has 1 heterocycles. The fourth-order valence-electron chi connectivity index (χ4n) is 3.01. The monoisotopic (exact) mass is 287 g/mol. The number of methoxy groups -OCH3 is 2. The fourth-order valence-corrected chi connectivity index (χ4v) is 3.01. The maximum absolute atomic E-state index is 6.04.